The maximum Gasteiger partial charge on any atom is 0.136 e. The maximum absolute atomic E-state index is 11.8. The molecule has 2 heteroatoms. The lowest BCUT2D eigenvalue weighted by Crippen LogP contribution is -2.23. The Morgan fingerprint density at radius 1 is 0.778 bits per heavy atom. The van der Waals surface area contributed by atoms with Gasteiger partial charge in [-0.15, -0.1) is 0 Å². The molecule has 18 heavy (non-hydrogen) atoms. The van der Waals surface area contributed by atoms with Crippen molar-refractivity contribution in [2.75, 3.05) is 0 Å². The number of carbonyl (C=O) groups excluding carboxylic acids is 2. The zero-order valence-corrected chi connectivity index (χ0v) is 10.8. The Bertz CT molecular complexity index is 448. The van der Waals surface area contributed by atoms with Gasteiger partial charge in [0, 0.05) is 25.2 Å². The summed E-state index contributed by atoms with van der Waals surface area (Å²) in [5.41, 5.74) is 3.22. The first kappa shape index (κ1) is 11.0. The van der Waals surface area contributed by atoms with E-state index in [2.05, 4.69) is 0 Å². The number of allylic oxidation sites excluding steroid dienone is 2. The van der Waals surface area contributed by atoms with Crippen LogP contribution in [-0.4, -0.2) is 11.6 Å². The second-order valence-electron chi connectivity index (χ2n) is 6.75. The van der Waals surface area contributed by atoms with Gasteiger partial charge in [0.2, 0.25) is 0 Å². The van der Waals surface area contributed by atoms with E-state index in [-0.39, 0.29) is 0 Å². The van der Waals surface area contributed by atoms with E-state index < -0.39 is 0 Å². The van der Waals surface area contributed by atoms with Gasteiger partial charge in [-0.3, -0.25) is 9.59 Å². The SMILES string of the molecule is O=C1CCC(=C2C[C@H]3[C@@H]4CC(=O)[C@@H](C4)[C@H]3C2)CC1. The molecule has 2 bridgehead atoms. The van der Waals surface area contributed by atoms with Gasteiger partial charge < -0.3 is 0 Å². The summed E-state index contributed by atoms with van der Waals surface area (Å²) in [7, 11) is 0. The third-order valence-electron chi connectivity index (χ3n) is 5.98. The van der Waals surface area contributed by atoms with Crippen LogP contribution in [-0.2, 0) is 9.59 Å². The fourth-order valence-corrected chi connectivity index (χ4v) is 5.08. The summed E-state index contributed by atoms with van der Waals surface area (Å²) >= 11 is 0. The fourth-order valence-electron chi connectivity index (χ4n) is 5.08. The van der Waals surface area contributed by atoms with Crippen LogP contribution < -0.4 is 0 Å². The molecular formula is C16H20O2. The summed E-state index contributed by atoms with van der Waals surface area (Å²) in [6.07, 6.45) is 8.04. The summed E-state index contributed by atoms with van der Waals surface area (Å²) in [5.74, 6) is 3.59. The lowest BCUT2D eigenvalue weighted by molar-refractivity contribution is -0.124. The second-order valence-corrected chi connectivity index (χ2v) is 6.75. The van der Waals surface area contributed by atoms with E-state index in [1.165, 1.54) is 19.3 Å². The van der Waals surface area contributed by atoms with Gasteiger partial charge in [0.1, 0.15) is 11.6 Å². The van der Waals surface area contributed by atoms with E-state index in [4.69, 9.17) is 0 Å². The van der Waals surface area contributed by atoms with Gasteiger partial charge in [-0.2, -0.15) is 0 Å². The normalized spacial score (nSPS) is 42.9. The van der Waals surface area contributed by atoms with Crippen molar-refractivity contribution in [1.29, 1.82) is 0 Å². The minimum absolute atomic E-state index is 0.406. The van der Waals surface area contributed by atoms with Crippen LogP contribution in [0.3, 0.4) is 0 Å². The molecule has 4 fully saturated rings. The summed E-state index contributed by atoms with van der Waals surface area (Å²) in [5, 5.41) is 0. The molecule has 0 spiro atoms. The number of rotatable bonds is 0. The van der Waals surface area contributed by atoms with Crippen LogP contribution >= 0.6 is 0 Å². The molecule has 4 rings (SSSR count). The van der Waals surface area contributed by atoms with Crippen LogP contribution in [0.1, 0.15) is 51.4 Å². The number of Topliss-reactive ketones (excluding diaryl/α,β-unsaturated/α-hetero) is 2. The van der Waals surface area contributed by atoms with Crippen LogP contribution in [0.15, 0.2) is 11.1 Å². The monoisotopic (exact) mass is 244 g/mol. The molecule has 4 atom stereocenters. The van der Waals surface area contributed by atoms with E-state index in [0.29, 0.717) is 29.3 Å². The van der Waals surface area contributed by atoms with Gasteiger partial charge >= 0.3 is 0 Å². The first-order valence-corrected chi connectivity index (χ1v) is 7.46. The van der Waals surface area contributed by atoms with Gasteiger partial charge in [0.25, 0.3) is 0 Å². The maximum atomic E-state index is 11.8. The molecule has 0 amide bonds. The molecule has 0 aromatic rings. The van der Waals surface area contributed by atoms with Crippen molar-refractivity contribution in [2.45, 2.75) is 51.4 Å². The van der Waals surface area contributed by atoms with Gasteiger partial charge in [-0.25, -0.2) is 0 Å². The minimum atomic E-state index is 0.406. The van der Waals surface area contributed by atoms with E-state index in [1.807, 2.05) is 0 Å². The Morgan fingerprint density at radius 3 is 2.28 bits per heavy atom. The molecule has 0 N–H and O–H groups in total. The van der Waals surface area contributed by atoms with Crippen molar-refractivity contribution in [3.8, 4) is 0 Å². The zero-order valence-electron chi connectivity index (χ0n) is 10.8. The van der Waals surface area contributed by atoms with Crippen molar-refractivity contribution in [3.63, 3.8) is 0 Å². The highest BCUT2D eigenvalue weighted by molar-refractivity contribution is 5.85. The standard InChI is InChI=1S/C16H20O2/c17-12-3-1-9(2-4-12)10-5-13-11-7-15(14(13)6-10)16(18)8-11/h11,13-15H,1-8H2/t11-,13-,14-,15-/m0/s1. The predicted octanol–water partition coefficient (Wildman–Crippen LogP) is 3.06. The van der Waals surface area contributed by atoms with E-state index >= 15 is 0 Å². The molecule has 0 saturated heterocycles. The summed E-state index contributed by atoms with van der Waals surface area (Å²) in [6.45, 7) is 0. The number of hydrogen-bond acceptors (Lipinski definition) is 2. The fraction of sp³-hybridized carbons (Fsp3) is 0.750. The number of fused-ring (bicyclic) bond motifs is 5. The van der Waals surface area contributed by atoms with Crippen LogP contribution in [0.25, 0.3) is 0 Å². The van der Waals surface area contributed by atoms with Crippen LogP contribution in [0.2, 0.25) is 0 Å². The van der Waals surface area contributed by atoms with Gasteiger partial charge in [0.15, 0.2) is 0 Å². The van der Waals surface area contributed by atoms with Crippen LogP contribution in [0.5, 0.6) is 0 Å². The van der Waals surface area contributed by atoms with E-state index in [9.17, 15) is 9.59 Å². The molecule has 0 unspecified atom stereocenters. The summed E-state index contributed by atoms with van der Waals surface area (Å²) < 4.78 is 0. The molecule has 0 heterocycles. The number of carbonyl (C=O) groups is 2. The Balaban J connectivity index is 1.56. The summed E-state index contributed by atoms with van der Waals surface area (Å²) in [4.78, 5) is 23.2. The van der Waals surface area contributed by atoms with Crippen molar-refractivity contribution >= 4 is 11.6 Å². The predicted molar refractivity (Wildman–Crippen MR) is 67.9 cm³/mol. The number of hydrogen-bond donors (Lipinski definition) is 0. The van der Waals surface area contributed by atoms with Crippen molar-refractivity contribution in [2.24, 2.45) is 23.7 Å². The van der Waals surface area contributed by atoms with E-state index in [0.717, 1.165) is 38.0 Å². The molecule has 4 aliphatic rings. The van der Waals surface area contributed by atoms with Crippen molar-refractivity contribution in [1.82, 2.24) is 0 Å². The van der Waals surface area contributed by atoms with Crippen molar-refractivity contribution < 1.29 is 9.59 Å². The number of ketones is 2. The third-order valence-corrected chi connectivity index (χ3v) is 5.98. The van der Waals surface area contributed by atoms with Gasteiger partial charge in [0.05, 0.1) is 0 Å². The average molecular weight is 244 g/mol. The average Bonchev–Trinajstić information content (AvgIpc) is 2.99. The molecule has 0 aromatic heterocycles. The quantitative estimate of drug-likeness (QED) is 0.614. The minimum Gasteiger partial charge on any atom is -0.300 e. The third kappa shape index (κ3) is 1.47. The topological polar surface area (TPSA) is 34.1 Å². The van der Waals surface area contributed by atoms with Crippen molar-refractivity contribution in [3.05, 3.63) is 11.1 Å². The van der Waals surface area contributed by atoms with E-state index in [1.54, 1.807) is 11.1 Å². The second kappa shape index (κ2) is 3.79. The molecule has 2 nitrogen and oxygen atoms in total. The smallest absolute Gasteiger partial charge is 0.136 e. The first-order valence-electron chi connectivity index (χ1n) is 7.46. The zero-order chi connectivity index (χ0) is 12.3. The van der Waals surface area contributed by atoms with Crippen LogP contribution in [0.4, 0.5) is 0 Å². The molecule has 4 saturated carbocycles. The highest BCUT2D eigenvalue weighted by Gasteiger charge is 2.54. The van der Waals surface area contributed by atoms with Crippen LogP contribution in [0, 0.1) is 23.7 Å². The molecule has 4 aliphatic carbocycles. The highest BCUT2D eigenvalue weighted by atomic mass is 16.1. The first-order chi connectivity index (χ1) is 8.72. The molecule has 0 radical (unpaired) electrons. The molecule has 96 valence electrons. The highest BCUT2D eigenvalue weighted by Crippen LogP contribution is 2.59. The molecule has 0 aromatic carbocycles. The van der Waals surface area contributed by atoms with Gasteiger partial charge in [-0.1, -0.05) is 11.1 Å². The van der Waals surface area contributed by atoms with Gasteiger partial charge in [-0.05, 0) is 49.9 Å². The lowest BCUT2D eigenvalue weighted by atomic mass is 9.81. The Kier molecular flexibility index (Phi) is 2.30. The Morgan fingerprint density at radius 2 is 1.50 bits per heavy atom. The largest absolute Gasteiger partial charge is 0.300 e. The lowest BCUT2D eigenvalue weighted by Gasteiger charge is -2.22. The Labute approximate surface area is 108 Å². The molecular weight excluding hydrogens is 224 g/mol. The Hall–Kier alpha value is -0.920. The molecule has 0 aliphatic heterocycles. The summed E-state index contributed by atoms with van der Waals surface area (Å²) in [6, 6.07) is 0.